The summed E-state index contributed by atoms with van der Waals surface area (Å²) in [5.41, 5.74) is 3.72. The van der Waals surface area contributed by atoms with Crippen LogP contribution in [0.5, 0.6) is 0 Å². The van der Waals surface area contributed by atoms with Crippen LogP contribution in [-0.2, 0) is 9.31 Å². The number of benzene rings is 1. The van der Waals surface area contributed by atoms with Crippen molar-refractivity contribution < 1.29 is 9.31 Å². The predicted octanol–water partition coefficient (Wildman–Crippen LogP) is 4.94. The molecule has 2 nitrogen and oxygen atoms in total. The SMILES string of the molecule is CCCCCCCCCCC1COB(c2cc(C)cc(C)c2)O1. The molecular weight excluding hydrogens is 283 g/mol. The maximum absolute atomic E-state index is 6.09. The standard InChI is InChI=1S/C20H33BO2/c1-4-5-6-7-8-9-10-11-12-20-16-22-21(23-20)19-14-17(2)13-18(3)15-19/h13-15,20H,4-12,16H2,1-3H3. The Labute approximate surface area is 143 Å². The minimum atomic E-state index is -0.160. The molecule has 1 fully saturated rings. The van der Waals surface area contributed by atoms with Gasteiger partial charge in [-0.3, -0.25) is 0 Å². The van der Waals surface area contributed by atoms with Crippen molar-refractivity contribution in [3.8, 4) is 0 Å². The van der Waals surface area contributed by atoms with E-state index in [4.69, 9.17) is 9.31 Å². The molecule has 1 aromatic carbocycles. The molecule has 0 aromatic heterocycles. The van der Waals surface area contributed by atoms with Crippen molar-refractivity contribution >= 4 is 12.6 Å². The van der Waals surface area contributed by atoms with Gasteiger partial charge in [-0.2, -0.15) is 0 Å². The van der Waals surface area contributed by atoms with Gasteiger partial charge in [0.2, 0.25) is 0 Å². The van der Waals surface area contributed by atoms with Gasteiger partial charge in [0.15, 0.2) is 0 Å². The van der Waals surface area contributed by atoms with E-state index in [9.17, 15) is 0 Å². The Bertz CT molecular complexity index is 441. The average Bonchev–Trinajstić information content (AvgIpc) is 2.98. The Balaban J connectivity index is 1.60. The molecule has 1 unspecified atom stereocenters. The lowest BCUT2D eigenvalue weighted by Gasteiger charge is -2.10. The Kier molecular flexibility index (Phi) is 8.18. The van der Waals surface area contributed by atoms with Crippen LogP contribution in [0.4, 0.5) is 0 Å². The number of hydrogen-bond acceptors (Lipinski definition) is 2. The fraction of sp³-hybridized carbons (Fsp3) is 0.700. The summed E-state index contributed by atoms with van der Waals surface area (Å²) < 4.78 is 12.0. The molecule has 0 aliphatic carbocycles. The third-order valence-corrected chi connectivity index (χ3v) is 4.65. The van der Waals surface area contributed by atoms with Crippen molar-refractivity contribution in [1.82, 2.24) is 0 Å². The fourth-order valence-electron chi connectivity index (χ4n) is 3.43. The summed E-state index contributed by atoms with van der Waals surface area (Å²) >= 11 is 0. The molecule has 0 bridgehead atoms. The van der Waals surface area contributed by atoms with Gasteiger partial charge >= 0.3 is 7.12 Å². The Morgan fingerprint density at radius 3 is 2.17 bits per heavy atom. The predicted molar refractivity (Wildman–Crippen MR) is 99.4 cm³/mol. The second-order valence-corrected chi connectivity index (χ2v) is 7.11. The lowest BCUT2D eigenvalue weighted by Crippen LogP contribution is -2.32. The topological polar surface area (TPSA) is 18.5 Å². The van der Waals surface area contributed by atoms with Gasteiger partial charge in [0.05, 0.1) is 12.7 Å². The summed E-state index contributed by atoms with van der Waals surface area (Å²) in [6, 6.07) is 6.54. The maximum atomic E-state index is 6.09. The molecule has 1 aliphatic rings. The van der Waals surface area contributed by atoms with E-state index < -0.39 is 0 Å². The van der Waals surface area contributed by atoms with Crippen LogP contribution in [0.1, 0.15) is 75.8 Å². The van der Waals surface area contributed by atoms with Gasteiger partial charge in [0.1, 0.15) is 0 Å². The van der Waals surface area contributed by atoms with E-state index >= 15 is 0 Å². The fourth-order valence-corrected chi connectivity index (χ4v) is 3.43. The highest BCUT2D eigenvalue weighted by molar-refractivity contribution is 6.61. The van der Waals surface area contributed by atoms with E-state index in [1.807, 2.05) is 0 Å². The van der Waals surface area contributed by atoms with Crippen LogP contribution in [0, 0.1) is 13.8 Å². The molecule has 0 N–H and O–H groups in total. The second-order valence-electron chi connectivity index (χ2n) is 7.11. The first-order valence-electron chi connectivity index (χ1n) is 9.54. The number of rotatable bonds is 10. The largest absolute Gasteiger partial charge is 0.494 e. The zero-order valence-electron chi connectivity index (χ0n) is 15.3. The molecule has 3 heteroatoms. The monoisotopic (exact) mass is 316 g/mol. The summed E-state index contributed by atoms with van der Waals surface area (Å²) in [5, 5.41) is 0. The number of hydrogen-bond donors (Lipinski definition) is 0. The molecule has 0 amide bonds. The summed E-state index contributed by atoms with van der Waals surface area (Å²) in [6.07, 6.45) is 12.3. The van der Waals surface area contributed by atoms with Crippen molar-refractivity contribution in [2.24, 2.45) is 0 Å². The molecule has 0 spiro atoms. The van der Waals surface area contributed by atoms with Gasteiger partial charge in [0, 0.05) is 0 Å². The van der Waals surface area contributed by atoms with Gasteiger partial charge in [-0.05, 0) is 25.7 Å². The molecule has 1 aliphatic heterocycles. The zero-order valence-corrected chi connectivity index (χ0v) is 15.3. The van der Waals surface area contributed by atoms with E-state index in [1.54, 1.807) is 0 Å². The Hall–Kier alpha value is -0.795. The molecule has 1 atom stereocenters. The molecule has 23 heavy (non-hydrogen) atoms. The van der Waals surface area contributed by atoms with Crippen LogP contribution in [0.25, 0.3) is 0 Å². The summed E-state index contributed by atoms with van der Waals surface area (Å²) in [6.45, 7) is 7.27. The van der Waals surface area contributed by atoms with Gasteiger partial charge in [-0.25, -0.2) is 0 Å². The van der Waals surface area contributed by atoms with Gasteiger partial charge in [-0.1, -0.05) is 87.6 Å². The normalized spacial score (nSPS) is 17.9. The molecule has 1 saturated heterocycles. The quantitative estimate of drug-likeness (QED) is 0.449. The van der Waals surface area contributed by atoms with Crippen LogP contribution in [0.3, 0.4) is 0 Å². The first-order chi connectivity index (χ1) is 11.2. The van der Waals surface area contributed by atoms with Gasteiger partial charge < -0.3 is 9.31 Å². The molecule has 2 rings (SSSR count). The second kappa shape index (κ2) is 10.1. The third-order valence-electron chi connectivity index (χ3n) is 4.65. The van der Waals surface area contributed by atoms with Crippen LogP contribution >= 0.6 is 0 Å². The van der Waals surface area contributed by atoms with Crippen LogP contribution in [0.15, 0.2) is 18.2 Å². The Morgan fingerprint density at radius 2 is 1.52 bits per heavy atom. The van der Waals surface area contributed by atoms with E-state index in [2.05, 4.69) is 39.0 Å². The number of aryl methyl sites for hydroxylation is 2. The molecule has 1 aromatic rings. The highest BCUT2D eigenvalue weighted by atomic mass is 16.6. The maximum Gasteiger partial charge on any atom is 0.494 e. The summed E-state index contributed by atoms with van der Waals surface area (Å²) in [4.78, 5) is 0. The highest BCUT2D eigenvalue weighted by Gasteiger charge is 2.32. The van der Waals surface area contributed by atoms with Crippen molar-refractivity contribution in [2.45, 2.75) is 84.7 Å². The molecule has 128 valence electrons. The van der Waals surface area contributed by atoms with Gasteiger partial charge in [0.25, 0.3) is 0 Å². The molecule has 1 heterocycles. The minimum Gasteiger partial charge on any atom is -0.405 e. The van der Waals surface area contributed by atoms with Crippen molar-refractivity contribution in [1.29, 1.82) is 0 Å². The molecule has 0 radical (unpaired) electrons. The van der Waals surface area contributed by atoms with E-state index in [0.29, 0.717) is 0 Å². The summed E-state index contributed by atoms with van der Waals surface area (Å²) in [7, 11) is -0.160. The lowest BCUT2D eigenvalue weighted by molar-refractivity contribution is 0.217. The van der Waals surface area contributed by atoms with E-state index in [-0.39, 0.29) is 13.2 Å². The first kappa shape index (κ1) is 18.5. The third kappa shape index (κ3) is 6.68. The average molecular weight is 316 g/mol. The van der Waals surface area contributed by atoms with Crippen molar-refractivity contribution in [3.63, 3.8) is 0 Å². The highest BCUT2D eigenvalue weighted by Crippen LogP contribution is 2.17. The van der Waals surface area contributed by atoms with Crippen LogP contribution < -0.4 is 5.46 Å². The zero-order chi connectivity index (χ0) is 16.5. The smallest absolute Gasteiger partial charge is 0.405 e. The number of unbranched alkanes of at least 4 members (excludes halogenated alkanes) is 7. The van der Waals surface area contributed by atoms with Gasteiger partial charge in [-0.15, -0.1) is 0 Å². The molecule has 0 saturated carbocycles. The molecular formula is C20H33BO2. The minimum absolute atomic E-state index is 0.160. The lowest BCUT2D eigenvalue weighted by atomic mass is 9.78. The van der Waals surface area contributed by atoms with E-state index in [1.165, 1.54) is 68.0 Å². The van der Waals surface area contributed by atoms with Crippen molar-refractivity contribution in [2.75, 3.05) is 6.61 Å². The van der Waals surface area contributed by atoms with Crippen LogP contribution in [0.2, 0.25) is 0 Å². The van der Waals surface area contributed by atoms with E-state index in [0.717, 1.165) is 13.0 Å². The first-order valence-corrected chi connectivity index (χ1v) is 9.54. The van der Waals surface area contributed by atoms with Crippen LogP contribution in [-0.4, -0.2) is 19.8 Å². The summed E-state index contributed by atoms with van der Waals surface area (Å²) in [5.74, 6) is 0. The van der Waals surface area contributed by atoms with Crippen molar-refractivity contribution in [3.05, 3.63) is 29.3 Å². The Morgan fingerprint density at radius 1 is 0.913 bits per heavy atom.